The summed E-state index contributed by atoms with van der Waals surface area (Å²) in [5, 5.41) is 1.07. The monoisotopic (exact) mass is 364 g/mol. The van der Waals surface area contributed by atoms with E-state index in [1.165, 1.54) is 10.5 Å². The number of para-hydroxylation sites is 1. The molecular weight excluding hydrogens is 342 g/mol. The molecule has 27 heavy (non-hydrogen) atoms. The molecule has 1 aliphatic heterocycles. The topological polar surface area (TPSA) is 53.1 Å². The van der Waals surface area contributed by atoms with Gasteiger partial charge in [0.1, 0.15) is 24.6 Å². The maximum atomic E-state index is 12.4. The molecule has 138 valence electrons. The Kier molecular flexibility index (Phi) is 3.90. The molecule has 1 aromatic heterocycles. The minimum atomic E-state index is -0.180. The zero-order valence-corrected chi connectivity index (χ0v) is 15.3. The van der Waals surface area contributed by atoms with Crippen LogP contribution in [0.4, 0.5) is 0 Å². The van der Waals surface area contributed by atoms with Crippen LogP contribution in [0.15, 0.2) is 45.6 Å². The number of fused-ring (bicyclic) bond motifs is 5. The number of methoxy groups -OCH3 is 1. The van der Waals surface area contributed by atoms with Gasteiger partial charge in [-0.2, -0.15) is 0 Å². The third-order valence-corrected chi connectivity index (χ3v) is 5.69. The van der Waals surface area contributed by atoms with E-state index in [9.17, 15) is 4.79 Å². The first-order chi connectivity index (χ1) is 13.2. The molecule has 1 aliphatic carbocycles. The van der Waals surface area contributed by atoms with Crippen molar-refractivity contribution in [3.05, 3.63) is 69.1 Å². The Bertz CT molecular complexity index is 1090. The van der Waals surface area contributed by atoms with Crippen LogP contribution in [0.3, 0.4) is 0 Å². The van der Waals surface area contributed by atoms with Crippen molar-refractivity contribution in [3.63, 3.8) is 0 Å². The van der Waals surface area contributed by atoms with Crippen LogP contribution >= 0.6 is 0 Å². The largest absolute Gasteiger partial charge is 0.496 e. The summed E-state index contributed by atoms with van der Waals surface area (Å²) in [6.45, 7) is 2.12. The fraction of sp³-hybridized carbons (Fsp3) is 0.318. The van der Waals surface area contributed by atoms with Gasteiger partial charge in [0.15, 0.2) is 5.58 Å². The number of nitrogens with one attached hydrogen (secondary N) is 1. The number of hydrogen-bond donors (Lipinski definition) is 1. The van der Waals surface area contributed by atoms with E-state index in [0.29, 0.717) is 12.3 Å². The highest BCUT2D eigenvalue weighted by atomic mass is 16.5. The van der Waals surface area contributed by atoms with E-state index in [1.807, 2.05) is 30.3 Å². The van der Waals surface area contributed by atoms with E-state index in [0.717, 1.165) is 65.9 Å². The lowest BCUT2D eigenvalue weighted by atomic mass is 10.0. The lowest BCUT2D eigenvalue weighted by Crippen LogP contribution is -3.10. The highest BCUT2D eigenvalue weighted by molar-refractivity contribution is 5.86. The lowest BCUT2D eigenvalue weighted by Gasteiger charge is -2.27. The fourth-order valence-electron chi connectivity index (χ4n) is 4.40. The first-order valence-electron chi connectivity index (χ1n) is 9.43. The Morgan fingerprint density at radius 1 is 1.07 bits per heavy atom. The van der Waals surface area contributed by atoms with Gasteiger partial charge in [-0.25, -0.2) is 4.79 Å². The van der Waals surface area contributed by atoms with Crippen LogP contribution in [0.5, 0.6) is 11.5 Å². The van der Waals surface area contributed by atoms with Crippen molar-refractivity contribution < 1.29 is 18.8 Å². The van der Waals surface area contributed by atoms with Gasteiger partial charge in [-0.1, -0.05) is 12.1 Å². The van der Waals surface area contributed by atoms with Gasteiger partial charge in [0.2, 0.25) is 6.73 Å². The number of benzene rings is 2. The third-order valence-electron chi connectivity index (χ3n) is 5.69. The van der Waals surface area contributed by atoms with Gasteiger partial charge < -0.3 is 13.9 Å². The molecule has 0 fully saturated rings. The van der Waals surface area contributed by atoms with E-state index in [-0.39, 0.29) is 5.63 Å². The Morgan fingerprint density at radius 2 is 1.93 bits per heavy atom. The Balaban J connectivity index is 1.54. The van der Waals surface area contributed by atoms with Gasteiger partial charge in [-0.15, -0.1) is 0 Å². The van der Waals surface area contributed by atoms with E-state index >= 15 is 0 Å². The fourth-order valence-corrected chi connectivity index (χ4v) is 4.40. The normalized spacial score (nSPS) is 18.0. The molecule has 0 saturated carbocycles. The molecule has 2 aliphatic rings. The van der Waals surface area contributed by atoms with Gasteiger partial charge in [-0.05, 0) is 49.1 Å². The number of rotatable bonds is 3. The highest BCUT2D eigenvalue weighted by Crippen LogP contribution is 2.34. The lowest BCUT2D eigenvalue weighted by molar-refractivity contribution is -0.945. The quantitative estimate of drug-likeness (QED) is 0.724. The number of hydrogen-bond acceptors (Lipinski definition) is 4. The van der Waals surface area contributed by atoms with Crippen molar-refractivity contribution in [2.24, 2.45) is 0 Å². The van der Waals surface area contributed by atoms with Crippen LogP contribution < -0.4 is 20.0 Å². The first-order valence-corrected chi connectivity index (χ1v) is 9.43. The molecule has 0 bridgehead atoms. The molecule has 3 aromatic rings. The van der Waals surface area contributed by atoms with Gasteiger partial charge in [0.25, 0.3) is 0 Å². The SMILES string of the molecule is COc1ccccc1C[NH+]1COc2ccc3c4c(c(=O)oc3c2C1)CCC4. The standard InChI is InChI=1S/C22H21NO4/c1-25-19-8-3-2-5-14(19)11-23-12-18-20(26-13-23)10-9-16-15-6-4-7-17(15)22(24)27-21(16)18/h2-3,5,8-10H,4,6-7,11-13H2,1H3/p+1. The van der Waals surface area contributed by atoms with Crippen LogP contribution in [0.25, 0.3) is 11.0 Å². The second-order valence-electron chi connectivity index (χ2n) is 7.32. The first kappa shape index (κ1) is 16.4. The van der Waals surface area contributed by atoms with Crippen LogP contribution in [0.2, 0.25) is 0 Å². The summed E-state index contributed by atoms with van der Waals surface area (Å²) in [7, 11) is 1.69. The average Bonchev–Trinajstić information content (AvgIpc) is 3.19. The molecule has 0 saturated heterocycles. The number of quaternary nitrogens is 1. The third kappa shape index (κ3) is 2.70. The summed E-state index contributed by atoms with van der Waals surface area (Å²) in [4.78, 5) is 13.7. The molecule has 0 amide bonds. The van der Waals surface area contributed by atoms with Crippen molar-refractivity contribution >= 4 is 11.0 Å². The molecule has 0 spiro atoms. The molecular formula is C22H22NO4+. The zero-order chi connectivity index (χ0) is 18.4. The van der Waals surface area contributed by atoms with Gasteiger partial charge in [0, 0.05) is 16.5 Å². The predicted octanol–water partition coefficient (Wildman–Crippen LogP) is 2.23. The zero-order valence-electron chi connectivity index (χ0n) is 15.3. The second kappa shape index (κ2) is 6.43. The van der Waals surface area contributed by atoms with Crippen LogP contribution in [-0.2, 0) is 25.9 Å². The van der Waals surface area contributed by atoms with E-state index in [4.69, 9.17) is 13.9 Å². The van der Waals surface area contributed by atoms with Gasteiger partial charge in [0.05, 0.1) is 12.7 Å². The molecule has 5 heteroatoms. The van der Waals surface area contributed by atoms with Crippen molar-refractivity contribution in [1.29, 1.82) is 0 Å². The van der Waals surface area contributed by atoms with Crippen molar-refractivity contribution in [1.82, 2.24) is 0 Å². The number of ether oxygens (including phenoxy) is 2. The summed E-state index contributed by atoms with van der Waals surface area (Å²) < 4.78 is 17.3. The van der Waals surface area contributed by atoms with E-state index < -0.39 is 0 Å². The summed E-state index contributed by atoms with van der Waals surface area (Å²) >= 11 is 0. The van der Waals surface area contributed by atoms with Gasteiger partial charge in [-0.3, -0.25) is 4.90 Å². The smallest absolute Gasteiger partial charge is 0.339 e. The average molecular weight is 364 g/mol. The number of aryl methyl sites for hydroxylation is 1. The van der Waals surface area contributed by atoms with Crippen molar-refractivity contribution in [2.45, 2.75) is 32.4 Å². The minimum Gasteiger partial charge on any atom is -0.496 e. The Morgan fingerprint density at radius 3 is 2.81 bits per heavy atom. The summed E-state index contributed by atoms with van der Waals surface area (Å²) in [5.74, 6) is 1.71. The molecule has 1 N–H and O–H groups in total. The summed E-state index contributed by atoms with van der Waals surface area (Å²) in [6, 6.07) is 12.1. The molecule has 0 radical (unpaired) electrons. The molecule has 5 rings (SSSR count). The van der Waals surface area contributed by atoms with Crippen molar-refractivity contribution in [2.75, 3.05) is 13.8 Å². The second-order valence-corrected chi connectivity index (χ2v) is 7.32. The summed E-state index contributed by atoms with van der Waals surface area (Å²) in [6.07, 6.45) is 2.80. The van der Waals surface area contributed by atoms with Crippen LogP contribution in [0.1, 0.15) is 28.7 Å². The highest BCUT2D eigenvalue weighted by Gasteiger charge is 2.28. The summed E-state index contributed by atoms with van der Waals surface area (Å²) in [5.41, 5.74) is 4.69. The maximum Gasteiger partial charge on any atom is 0.339 e. The molecule has 1 unspecified atom stereocenters. The van der Waals surface area contributed by atoms with E-state index in [1.54, 1.807) is 7.11 Å². The van der Waals surface area contributed by atoms with E-state index in [2.05, 4.69) is 6.07 Å². The van der Waals surface area contributed by atoms with Gasteiger partial charge >= 0.3 is 5.63 Å². The molecule has 2 heterocycles. The van der Waals surface area contributed by atoms with Crippen LogP contribution in [-0.4, -0.2) is 13.8 Å². The minimum absolute atomic E-state index is 0.180. The Hall–Kier alpha value is -2.79. The molecule has 5 nitrogen and oxygen atoms in total. The maximum absolute atomic E-state index is 12.4. The van der Waals surface area contributed by atoms with Crippen LogP contribution in [0, 0.1) is 0 Å². The molecule has 2 aromatic carbocycles. The predicted molar refractivity (Wildman–Crippen MR) is 101 cm³/mol. The molecule has 1 atom stereocenters. The Labute approximate surface area is 157 Å². The van der Waals surface area contributed by atoms with Crippen molar-refractivity contribution in [3.8, 4) is 11.5 Å².